The number of amides is 1. The molecular weight excluding hydrogens is 311 g/mol. The molecule has 1 aromatic rings. The van der Waals surface area contributed by atoms with Gasteiger partial charge in [-0.25, -0.2) is 0 Å². The van der Waals surface area contributed by atoms with Crippen LogP contribution in [0.5, 0.6) is 0 Å². The topological polar surface area (TPSA) is 38.8 Å². The van der Waals surface area contributed by atoms with Gasteiger partial charge >= 0.3 is 6.18 Å². The van der Waals surface area contributed by atoms with E-state index in [9.17, 15) is 18.0 Å². The Hall–Kier alpha value is -1.60. The van der Waals surface area contributed by atoms with Crippen LogP contribution in [-0.4, -0.2) is 42.9 Å². The summed E-state index contributed by atoms with van der Waals surface area (Å²) in [6.45, 7) is 2.25. The van der Waals surface area contributed by atoms with Crippen molar-refractivity contribution in [3.05, 3.63) is 35.4 Å². The molecule has 2 aliphatic rings. The molecule has 3 rings (SSSR count). The number of hydrogen-bond donors (Lipinski definition) is 0. The lowest BCUT2D eigenvalue weighted by atomic mass is 10.0. The molecule has 0 aliphatic carbocycles. The van der Waals surface area contributed by atoms with Gasteiger partial charge in [0, 0.05) is 25.9 Å². The lowest BCUT2D eigenvalue weighted by Crippen LogP contribution is -2.47. The van der Waals surface area contributed by atoms with Crippen LogP contribution in [0.2, 0.25) is 0 Å². The fourth-order valence-electron chi connectivity index (χ4n) is 2.98. The summed E-state index contributed by atoms with van der Waals surface area (Å²) < 4.78 is 48.8. The first kappa shape index (κ1) is 16.3. The van der Waals surface area contributed by atoms with Crippen molar-refractivity contribution in [2.75, 3.05) is 26.3 Å². The van der Waals surface area contributed by atoms with Crippen molar-refractivity contribution in [2.24, 2.45) is 0 Å². The van der Waals surface area contributed by atoms with Crippen molar-refractivity contribution in [1.82, 2.24) is 4.90 Å². The Morgan fingerprint density at radius 3 is 2.17 bits per heavy atom. The van der Waals surface area contributed by atoms with Gasteiger partial charge in [0.25, 0.3) is 0 Å². The highest BCUT2D eigenvalue weighted by Crippen LogP contribution is 2.32. The Bertz CT molecular complexity index is 555. The molecule has 23 heavy (non-hydrogen) atoms. The molecule has 4 nitrogen and oxygen atoms in total. The Kier molecular flexibility index (Phi) is 4.33. The molecule has 1 amide bonds. The second-order valence-corrected chi connectivity index (χ2v) is 5.86. The first-order chi connectivity index (χ1) is 10.9. The van der Waals surface area contributed by atoms with Crippen molar-refractivity contribution in [3.8, 4) is 0 Å². The highest BCUT2D eigenvalue weighted by molar-refractivity contribution is 5.78. The summed E-state index contributed by atoms with van der Waals surface area (Å²) in [6.07, 6.45) is -2.99. The van der Waals surface area contributed by atoms with Crippen LogP contribution < -0.4 is 0 Å². The highest BCUT2D eigenvalue weighted by atomic mass is 19.4. The maximum absolute atomic E-state index is 12.5. The molecule has 2 aliphatic heterocycles. The largest absolute Gasteiger partial charge is 0.416 e. The monoisotopic (exact) mass is 329 g/mol. The predicted molar refractivity (Wildman–Crippen MR) is 75.6 cm³/mol. The summed E-state index contributed by atoms with van der Waals surface area (Å²) in [5.74, 6) is -0.622. The summed E-state index contributed by atoms with van der Waals surface area (Å²) in [5, 5.41) is 0. The summed E-state index contributed by atoms with van der Waals surface area (Å²) in [4.78, 5) is 14.0. The van der Waals surface area contributed by atoms with Gasteiger partial charge in [-0.15, -0.1) is 0 Å². The number of hydrogen-bond acceptors (Lipinski definition) is 3. The lowest BCUT2D eigenvalue weighted by Gasteiger charge is -2.37. The number of piperidine rings is 1. The quantitative estimate of drug-likeness (QED) is 0.837. The molecule has 1 spiro atoms. The SMILES string of the molecule is O=C(Cc1ccc(C(F)(F)F)cc1)N1CCC2(CC1)OCCO2. The van der Waals surface area contributed by atoms with Crippen LogP contribution >= 0.6 is 0 Å². The summed E-state index contributed by atoms with van der Waals surface area (Å²) in [5.41, 5.74) is -0.124. The van der Waals surface area contributed by atoms with Gasteiger partial charge < -0.3 is 14.4 Å². The average molecular weight is 329 g/mol. The van der Waals surface area contributed by atoms with E-state index in [-0.39, 0.29) is 12.3 Å². The number of carbonyl (C=O) groups excluding carboxylic acids is 1. The van der Waals surface area contributed by atoms with Gasteiger partial charge in [0.2, 0.25) is 5.91 Å². The Morgan fingerprint density at radius 1 is 1.09 bits per heavy atom. The molecule has 0 bridgehead atoms. The Balaban J connectivity index is 1.55. The fourth-order valence-corrected chi connectivity index (χ4v) is 2.98. The molecule has 2 saturated heterocycles. The van der Waals surface area contributed by atoms with E-state index >= 15 is 0 Å². The third-order valence-electron chi connectivity index (χ3n) is 4.33. The van der Waals surface area contributed by atoms with Crippen LogP contribution in [0, 0.1) is 0 Å². The van der Waals surface area contributed by atoms with Gasteiger partial charge in [0.1, 0.15) is 0 Å². The van der Waals surface area contributed by atoms with Gasteiger partial charge in [-0.2, -0.15) is 13.2 Å². The standard InChI is InChI=1S/C16H18F3NO3/c17-16(18,19)13-3-1-12(2-4-13)11-14(21)20-7-5-15(6-8-20)22-9-10-23-15/h1-4H,5-11H2. The van der Waals surface area contributed by atoms with Crippen molar-refractivity contribution in [3.63, 3.8) is 0 Å². The van der Waals surface area contributed by atoms with Crippen LogP contribution in [-0.2, 0) is 26.9 Å². The van der Waals surface area contributed by atoms with E-state index in [1.165, 1.54) is 12.1 Å². The highest BCUT2D eigenvalue weighted by Gasteiger charge is 2.40. The number of carbonyl (C=O) groups is 1. The molecule has 2 fully saturated rings. The van der Waals surface area contributed by atoms with Crippen molar-refractivity contribution >= 4 is 5.91 Å². The minimum Gasteiger partial charge on any atom is -0.347 e. The van der Waals surface area contributed by atoms with Crippen LogP contribution in [0.1, 0.15) is 24.0 Å². The lowest BCUT2D eigenvalue weighted by molar-refractivity contribution is -0.187. The van der Waals surface area contributed by atoms with E-state index in [0.29, 0.717) is 44.7 Å². The third-order valence-corrected chi connectivity index (χ3v) is 4.33. The number of halogens is 3. The van der Waals surface area contributed by atoms with Crippen molar-refractivity contribution < 1.29 is 27.4 Å². The van der Waals surface area contributed by atoms with Gasteiger partial charge in [-0.1, -0.05) is 12.1 Å². The molecule has 0 atom stereocenters. The zero-order valence-corrected chi connectivity index (χ0v) is 12.6. The molecule has 0 saturated carbocycles. The van der Waals surface area contributed by atoms with Crippen molar-refractivity contribution in [2.45, 2.75) is 31.2 Å². The molecule has 0 N–H and O–H groups in total. The molecule has 126 valence electrons. The molecule has 1 aromatic carbocycles. The zero-order chi connectivity index (χ0) is 16.5. The number of rotatable bonds is 2. The van der Waals surface area contributed by atoms with E-state index in [2.05, 4.69) is 0 Å². The Morgan fingerprint density at radius 2 is 1.65 bits per heavy atom. The fraction of sp³-hybridized carbons (Fsp3) is 0.562. The van der Waals surface area contributed by atoms with Crippen LogP contribution in [0.3, 0.4) is 0 Å². The average Bonchev–Trinajstić information content (AvgIpc) is 2.96. The molecule has 7 heteroatoms. The molecule has 0 unspecified atom stereocenters. The second kappa shape index (κ2) is 6.13. The number of ether oxygens (including phenoxy) is 2. The summed E-state index contributed by atoms with van der Waals surface area (Å²) in [6, 6.07) is 4.73. The molecule has 2 heterocycles. The van der Waals surface area contributed by atoms with Crippen LogP contribution in [0.4, 0.5) is 13.2 Å². The number of likely N-dealkylation sites (tertiary alicyclic amines) is 1. The second-order valence-electron chi connectivity index (χ2n) is 5.86. The first-order valence-electron chi connectivity index (χ1n) is 7.60. The van der Waals surface area contributed by atoms with Crippen LogP contribution in [0.25, 0.3) is 0 Å². The zero-order valence-electron chi connectivity index (χ0n) is 12.6. The van der Waals surface area contributed by atoms with E-state index in [4.69, 9.17) is 9.47 Å². The van der Waals surface area contributed by atoms with Crippen molar-refractivity contribution in [1.29, 1.82) is 0 Å². The summed E-state index contributed by atoms with van der Waals surface area (Å²) >= 11 is 0. The van der Waals surface area contributed by atoms with Gasteiger partial charge in [0.05, 0.1) is 25.2 Å². The van der Waals surface area contributed by atoms with Crippen LogP contribution in [0.15, 0.2) is 24.3 Å². The maximum Gasteiger partial charge on any atom is 0.416 e. The van der Waals surface area contributed by atoms with E-state index in [1.807, 2.05) is 0 Å². The Labute approximate surface area is 132 Å². The number of nitrogens with zero attached hydrogens (tertiary/aromatic N) is 1. The van der Waals surface area contributed by atoms with E-state index < -0.39 is 17.5 Å². The number of benzene rings is 1. The van der Waals surface area contributed by atoms with Gasteiger partial charge in [0.15, 0.2) is 5.79 Å². The summed E-state index contributed by atoms with van der Waals surface area (Å²) in [7, 11) is 0. The van der Waals surface area contributed by atoms with Gasteiger partial charge in [-0.3, -0.25) is 4.79 Å². The number of alkyl halides is 3. The third kappa shape index (κ3) is 3.67. The molecular formula is C16H18F3NO3. The van der Waals surface area contributed by atoms with E-state index in [1.54, 1.807) is 4.90 Å². The minimum absolute atomic E-state index is 0.0856. The van der Waals surface area contributed by atoms with Gasteiger partial charge in [-0.05, 0) is 17.7 Å². The minimum atomic E-state index is -4.36. The smallest absolute Gasteiger partial charge is 0.347 e. The first-order valence-corrected chi connectivity index (χ1v) is 7.60. The normalized spacial score (nSPS) is 20.9. The molecule has 0 radical (unpaired) electrons. The maximum atomic E-state index is 12.5. The predicted octanol–water partition coefficient (Wildman–Crippen LogP) is 2.61. The van der Waals surface area contributed by atoms with E-state index in [0.717, 1.165) is 12.1 Å². The molecule has 0 aromatic heterocycles.